The Kier molecular flexibility index (Phi) is 5.99. The Morgan fingerprint density at radius 1 is 1.11 bits per heavy atom. The van der Waals surface area contributed by atoms with Gasteiger partial charge in [-0.25, -0.2) is 4.98 Å². The lowest BCUT2D eigenvalue weighted by molar-refractivity contribution is 0.114. The molecule has 4 heterocycles. The molecular formula is C21H27ClN4O2. The lowest BCUT2D eigenvalue weighted by Crippen LogP contribution is -2.38. The maximum atomic E-state index is 10.1. The normalized spacial score (nSPS) is 21.7. The van der Waals surface area contributed by atoms with Crippen LogP contribution in [-0.2, 0) is 0 Å². The smallest absolute Gasteiger partial charge is 0.138 e. The van der Waals surface area contributed by atoms with E-state index in [4.69, 9.17) is 16.3 Å². The SMILES string of the molecule is CN1CCC(Oc2ccc(-c3cnc(Cl)cc3N3CCC[C@H](O)C3)nc2)CC1. The lowest BCUT2D eigenvalue weighted by Gasteiger charge is -2.33. The van der Waals surface area contributed by atoms with Gasteiger partial charge in [-0.1, -0.05) is 11.6 Å². The molecule has 2 aliphatic rings. The topological polar surface area (TPSA) is 61.7 Å². The molecule has 4 rings (SSSR count). The van der Waals surface area contributed by atoms with Crippen molar-refractivity contribution in [3.05, 3.63) is 35.7 Å². The quantitative estimate of drug-likeness (QED) is 0.792. The molecule has 2 aromatic heterocycles. The molecule has 28 heavy (non-hydrogen) atoms. The van der Waals surface area contributed by atoms with Gasteiger partial charge in [-0.3, -0.25) is 4.98 Å². The van der Waals surface area contributed by atoms with Crippen molar-refractivity contribution in [2.45, 2.75) is 37.9 Å². The fourth-order valence-electron chi connectivity index (χ4n) is 3.96. The summed E-state index contributed by atoms with van der Waals surface area (Å²) in [7, 11) is 2.14. The standard InChI is InChI=1S/C21H27ClN4O2/c1-25-9-6-16(7-10-25)28-17-4-5-19(23-12-17)18-13-24-21(22)11-20(18)26-8-2-3-15(27)14-26/h4-5,11-13,15-16,27H,2-3,6-10,14H2,1H3/t15-/m0/s1. The van der Waals surface area contributed by atoms with Crippen molar-refractivity contribution < 1.29 is 9.84 Å². The van der Waals surface area contributed by atoms with E-state index in [9.17, 15) is 5.11 Å². The van der Waals surface area contributed by atoms with Gasteiger partial charge < -0.3 is 19.6 Å². The van der Waals surface area contributed by atoms with Crippen molar-refractivity contribution in [2.75, 3.05) is 38.1 Å². The Balaban J connectivity index is 1.52. The minimum atomic E-state index is -0.313. The van der Waals surface area contributed by atoms with Crippen molar-refractivity contribution in [3.8, 4) is 17.0 Å². The second kappa shape index (κ2) is 8.64. The van der Waals surface area contributed by atoms with Gasteiger partial charge in [0.15, 0.2) is 0 Å². The van der Waals surface area contributed by atoms with Crippen LogP contribution in [0.4, 0.5) is 5.69 Å². The average molecular weight is 403 g/mol. The maximum absolute atomic E-state index is 10.1. The highest BCUT2D eigenvalue weighted by molar-refractivity contribution is 6.29. The van der Waals surface area contributed by atoms with Gasteiger partial charge in [-0.15, -0.1) is 0 Å². The summed E-state index contributed by atoms with van der Waals surface area (Å²) in [5.74, 6) is 0.801. The number of hydrogen-bond donors (Lipinski definition) is 1. The highest BCUT2D eigenvalue weighted by Gasteiger charge is 2.22. The summed E-state index contributed by atoms with van der Waals surface area (Å²) in [6.45, 7) is 3.63. The molecule has 0 saturated carbocycles. The first-order valence-corrected chi connectivity index (χ1v) is 10.4. The first-order chi connectivity index (χ1) is 13.6. The summed E-state index contributed by atoms with van der Waals surface area (Å²) < 4.78 is 6.10. The van der Waals surface area contributed by atoms with Gasteiger partial charge in [0.1, 0.15) is 17.0 Å². The van der Waals surface area contributed by atoms with Gasteiger partial charge in [0.25, 0.3) is 0 Å². The minimum Gasteiger partial charge on any atom is -0.489 e. The molecule has 0 amide bonds. The molecule has 0 unspecified atom stereocenters. The van der Waals surface area contributed by atoms with Crippen LogP contribution in [0.15, 0.2) is 30.6 Å². The van der Waals surface area contributed by atoms with Gasteiger partial charge >= 0.3 is 0 Å². The van der Waals surface area contributed by atoms with Crippen LogP contribution in [0.2, 0.25) is 5.15 Å². The first kappa shape index (κ1) is 19.4. The fraction of sp³-hybridized carbons (Fsp3) is 0.524. The maximum Gasteiger partial charge on any atom is 0.138 e. The van der Waals surface area contributed by atoms with Crippen LogP contribution in [0.5, 0.6) is 5.75 Å². The Hall–Kier alpha value is -1.89. The van der Waals surface area contributed by atoms with Crippen molar-refractivity contribution in [3.63, 3.8) is 0 Å². The molecule has 0 aliphatic carbocycles. The number of ether oxygens (including phenoxy) is 1. The average Bonchev–Trinajstić information content (AvgIpc) is 2.70. The van der Waals surface area contributed by atoms with Crippen LogP contribution < -0.4 is 9.64 Å². The van der Waals surface area contributed by atoms with E-state index < -0.39 is 0 Å². The van der Waals surface area contributed by atoms with Gasteiger partial charge in [0.05, 0.1) is 23.7 Å². The van der Waals surface area contributed by atoms with Crippen molar-refractivity contribution in [1.29, 1.82) is 0 Å². The summed E-state index contributed by atoms with van der Waals surface area (Å²) in [4.78, 5) is 13.4. The molecule has 2 saturated heterocycles. The van der Waals surface area contributed by atoms with E-state index in [1.807, 2.05) is 18.2 Å². The number of pyridine rings is 2. The third kappa shape index (κ3) is 4.57. The largest absolute Gasteiger partial charge is 0.489 e. The monoisotopic (exact) mass is 402 g/mol. The van der Waals surface area contributed by atoms with Gasteiger partial charge in [-0.2, -0.15) is 0 Å². The number of likely N-dealkylation sites (tertiary alicyclic amines) is 1. The molecule has 6 nitrogen and oxygen atoms in total. The van der Waals surface area contributed by atoms with Crippen molar-refractivity contribution in [1.82, 2.24) is 14.9 Å². The lowest BCUT2D eigenvalue weighted by atomic mass is 10.0. The minimum absolute atomic E-state index is 0.256. The van der Waals surface area contributed by atoms with Gasteiger partial charge in [0.2, 0.25) is 0 Å². The number of aliphatic hydroxyl groups excluding tert-OH is 1. The fourth-order valence-corrected chi connectivity index (χ4v) is 4.11. The number of hydrogen-bond acceptors (Lipinski definition) is 6. The Bertz CT molecular complexity index is 793. The summed E-state index contributed by atoms with van der Waals surface area (Å²) in [5, 5.41) is 10.5. The van der Waals surface area contributed by atoms with Crippen LogP contribution in [0.3, 0.4) is 0 Å². The van der Waals surface area contributed by atoms with Crippen molar-refractivity contribution >= 4 is 17.3 Å². The second-order valence-electron chi connectivity index (χ2n) is 7.77. The zero-order valence-corrected chi connectivity index (χ0v) is 17.0. The molecule has 7 heteroatoms. The van der Waals surface area contributed by atoms with E-state index >= 15 is 0 Å². The molecule has 150 valence electrons. The van der Waals surface area contributed by atoms with Crippen LogP contribution in [0.1, 0.15) is 25.7 Å². The predicted molar refractivity (Wildman–Crippen MR) is 111 cm³/mol. The molecule has 2 fully saturated rings. The first-order valence-electron chi connectivity index (χ1n) is 9.98. The number of anilines is 1. The molecule has 0 aromatic carbocycles. The molecule has 0 spiro atoms. The zero-order valence-electron chi connectivity index (χ0n) is 16.2. The van der Waals surface area contributed by atoms with E-state index in [1.165, 1.54) is 0 Å². The summed E-state index contributed by atoms with van der Waals surface area (Å²) in [6.07, 6.45) is 7.37. The number of nitrogens with zero attached hydrogens (tertiary/aromatic N) is 4. The van der Waals surface area contributed by atoms with Crippen LogP contribution >= 0.6 is 11.6 Å². The molecule has 0 bridgehead atoms. The third-order valence-electron chi connectivity index (χ3n) is 5.57. The highest BCUT2D eigenvalue weighted by Crippen LogP contribution is 2.33. The second-order valence-corrected chi connectivity index (χ2v) is 8.15. The molecule has 2 aromatic rings. The number of aromatic nitrogens is 2. The van der Waals surface area contributed by atoms with E-state index in [0.717, 1.165) is 68.0 Å². The Labute approximate surface area is 171 Å². The number of halogens is 1. The van der Waals surface area contributed by atoms with E-state index in [2.05, 4.69) is 26.8 Å². The van der Waals surface area contributed by atoms with Crippen molar-refractivity contribution in [2.24, 2.45) is 0 Å². The Morgan fingerprint density at radius 2 is 1.93 bits per heavy atom. The molecule has 2 aliphatic heterocycles. The number of β-amino-alcohol motifs (C(OH)–C–C–N with tert-alkyl or cyclic N) is 1. The third-order valence-corrected chi connectivity index (χ3v) is 5.77. The summed E-state index contributed by atoms with van der Waals surface area (Å²) in [6, 6.07) is 5.81. The van der Waals surface area contributed by atoms with E-state index in [-0.39, 0.29) is 12.2 Å². The Morgan fingerprint density at radius 3 is 2.64 bits per heavy atom. The van der Waals surface area contributed by atoms with Gasteiger partial charge in [-0.05, 0) is 50.9 Å². The van der Waals surface area contributed by atoms with Gasteiger partial charge in [0, 0.05) is 37.9 Å². The molecular weight excluding hydrogens is 376 g/mol. The molecule has 1 atom stereocenters. The summed E-state index contributed by atoms with van der Waals surface area (Å²) >= 11 is 6.16. The predicted octanol–water partition coefficient (Wildman–Crippen LogP) is 3.23. The molecule has 0 radical (unpaired) electrons. The number of rotatable bonds is 4. The highest BCUT2D eigenvalue weighted by atomic mass is 35.5. The molecule has 1 N–H and O–H groups in total. The van der Waals surface area contributed by atoms with E-state index in [1.54, 1.807) is 12.4 Å². The van der Waals surface area contributed by atoms with Crippen LogP contribution in [0.25, 0.3) is 11.3 Å². The summed E-state index contributed by atoms with van der Waals surface area (Å²) in [5.41, 5.74) is 2.72. The van der Waals surface area contributed by atoms with Crippen LogP contribution in [-0.4, -0.2) is 65.4 Å². The number of aliphatic hydroxyl groups is 1. The van der Waals surface area contributed by atoms with Crippen LogP contribution in [0, 0.1) is 0 Å². The number of piperidine rings is 2. The zero-order chi connectivity index (χ0) is 19.5. The van der Waals surface area contributed by atoms with E-state index in [0.29, 0.717) is 11.7 Å².